The first-order valence-electron chi connectivity index (χ1n) is 11.5. The molecule has 0 radical (unpaired) electrons. The molecule has 1 heterocycles. The lowest BCUT2D eigenvalue weighted by Crippen LogP contribution is -2.41. The van der Waals surface area contributed by atoms with E-state index >= 15 is 0 Å². The van der Waals surface area contributed by atoms with Crippen molar-refractivity contribution in [3.63, 3.8) is 0 Å². The van der Waals surface area contributed by atoms with Gasteiger partial charge in [-0.3, -0.25) is 40.2 Å². The molecule has 13 heteroatoms. The number of unbranched alkanes of at least 4 members (excludes halogenated alkanes) is 2. The topological polar surface area (TPSA) is 148 Å². The van der Waals surface area contributed by atoms with Gasteiger partial charge in [-0.05, 0) is 48.7 Å². The number of hydrogen-bond acceptors (Lipinski definition) is 9. The fourth-order valence-corrected chi connectivity index (χ4v) is 4.71. The summed E-state index contributed by atoms with van der Waals surface area (Å²) in [4.78, 5) is 60.5. The van der Waals surface area contributed by atoms with Crippen LogP contribution >= 0.6 is 24.0 Å². The summed E-state index contributed by atoms with van der Waals surface area (Å²) in [5.41, 5.74) is 5.79. The van der Waals surface area contributed by atoms with Gasteiger partial charge in [0.05, 0.1) is 22.5 Å². The molecule has 2 aromatic carbocycles. The van der Waals surface area contributed by atoms with E-state index in [1.807, 2.05) is 0 Å². The van der Waals surface area contributed by atoms with Gasteiger partial charge in [0, 0.05) is 30.7 Å². The Hall–Kier alpha value is -4.10. The molecule has 0 unspecified atom stereocenters. The van der Waals surface area contributed by atoms with Gasteiger partial charge in [-0.25, -0.2) is 4.79 Å². The van der Waals surface area contributed by atoms with Crippen LogP contribution < -0.4 is 10.9 Å². The van der Waals surface area contributed by atoms with Crippen molar-refractivity contribution in [2.75, 3.05) is 13.7 Å². The maximum Gasteiger partial charge on any atom is 0.337 e. The van der Waals surface area contributed by atoms with E-state index in [-0.39, 0.29) is 29.5 Å². The first-order valence-corrected chi connectivity index (χ1v) is 12.7. The second-order valence-corrected chi connectivity index (χ2v) is 9.74. The van der Waals surface area contributed by atoms with Crippen molar-refractivity contribution in [3.05, 3.63) is 80.2 Å². The van der Waals surface area contributed by atoms with Gasteiger partial charge in [-0.2, -0.15) is 0 Å². The SMILES string of the molecule is COC(=O)c1ccc(C=C2SC(=S)N(CCCCCC(=O)NNC(=O)c3ccc([N+](=O)[O-])cc3)C2=O)cc1. The first-order chi connectivity index (χ1) is 18.2. The van der Waals surface area contributed by atoms with Crippen molar-refractivity contribution in [1.29, 1.82) is 0 Å². The van der Waals surface area contributed by atoms with E-state index in [9.17, 15) is 29.3 Å². The van der Waals surface area contributed by atoms with Gasteiger partial charge in [0.1, 0.15) is 4.32 Å². The molecule has 0 atom stereocenters. The van der Waals surface area contributed by atoms with E-state index < -0.39 is 16.8 Å². The molecule has 2 N–H and O–H groups in total. The van der Waals surface area contributed by atoms with Crippen LogP contribution in [0.15, 0.2) is 53.4 Å². The number of nitro groups is 1. The number of hydrazine groups is 1. The zero-order valence-electron chi connectivity index (χ0n) is 20.3. The molecular formula is C25H24N4O7S2. The average molecular weight is 557 g/mol. The Morgan fingerprint density at radius 1 is 1.03 bits per heavy atom. The number of hydrogen-bond donors (Lipinski definition) is 2. The predicted octanol–water partition coefficient (Wildman–Crippen LogP) is 3.60. The van der Waals surface area contributed by atoms with Gasteiger partial charge in [0.2, 0.25) is 5.91 Å². The number of carbonyl (C=O) groups is 4. The molecule has 1 aliphatic rings. The smallest absolute Gasteiger partial charge is 0.337 e. The number of benzene rings is 2. The van der Waals surface area contributed by atoms with E-state index in [2.05, 4.69) is 15.6 Å². The minimum Gasteiger partial charge on any atom is -0.465 e. The highest BCUT2D eigenvalue weighted by Crippen LogP contribution is 2.32. The van der Waals surface area contributed by atoms with Crippen molar-refractivity contribution in [2.45, 2.75) is 25.7 Å². The lowest BCUT2D eigenvalue weighted by atomic mass is 10.1. The van der Waals surface area contributed by atoms with Gasteiger partial charge in [0.15, 0.2) is 0 Å². The summed E-state index contributed by atoms with van der Waals surface area (Å²) >= 11 is 6.56. The predicted molar refractivity (Wildman–Crippen MR) is 145 cm³/mol. The molecule has 2 aromatic rings. The average Bonchev–Trinajstić information content (AvgIpc) is 3.18. The van der Waals surface area contributed by atoms with Crippen LogP contribution in [0.3, 0.4) is 0 Å². The Bertz CT molecular complexity index is 1280. The van der Waals surface area contributed by atoms with Crippen LogP contribution in [0, 0.1) is 10.1 Å². The third-order valence-electron chi connectivity index (χ3n) is 5.44. The fourth-order valence-electron chi connectivity index (χ4n) is 3.41. The highest BCUT2D eigenvalue weighted by atomic mass is 32.2. The highest BCUT2D eigenvalue weighted by molar-refractivity contribution is 8.26. The fraction of sp³-hybridized carbons (Fsp3) is 0.240. The molecule has 38 heavy (non-hydrogen) atoms. The Morgan fingerprint density at radius 2 is 1.68 bits per heavy atom. The minimum absolute atomic E-state index is 0.139. The molecule has 1 aliphatic heterocycles. The van der Waals surface area contributed by atoms with E-state index in [0.717, 1.165) is 5.56 Å². The second-order valence-electron chi connectivity index (χ2n) is 8.06. The van der Waals surface area contributed by atoms with Crippen molar-refractivity contribution in [1.82, 2.24) is 15.8 Å². The Morgan fingerprint density at radius 3 is 2.32 bits per heavy atom. The number of nitro benzene ring substituents is 1. The molecule has 0 bridgehead atoms. The lowest BCUT2D eigenvalue weighted by Gasteiger charge is -2.14. The maximum absolute atomic E-state index is 12.8. The van der Waals surface area contributed by atoms with Crippen LogP contribution in [-0.2, 0) is 14.3 Å². The number of rotatable bonds is 10. The van der Waals surface area contributed by atoms with Gasteiger partial charge >= 0.3 is 5.97 Å². The molecule has 0 aromatic heterocycles. The first kappa shape index (κ1) is 28.5. The monoisotopic (exact) mass is 556 g/mol. The molecule has 1 saturated heterocycles. The van der Waals surface area contributed by atoms with Crippen molar-refractivity contribution in [3.8, 4) is 0 Å². The standard InChI is InChI=1S/C25H24N4O7S2/c1-36-24(33)18-8-6-16(7-9-18)15-20-23(32)28(25(37)38-20)14-4-2-3-5-21(30)26-27-22(31)17-10-12-19(13-11-17)29(34)35/h6-13,15H,2-5,14H2,1H3,(H,26,30)(H,27,31). The van der Waals surface area contributed by atoms with Gasteiger partial charge in [-0.1, -0.05) is 42.5 Å². The summed E-state index contributed by atoms with van der Waals surface area (Å²) in [6.07, 6.45) is 3.72. The number of methoxy groups -OCH3 is 1. The minimum atomic E-state index is -0.588. The highest BCUT2D eigenvalue weighted by Gasteiger charge is 2.31. The largest absolute Gasteiger partial charge is 0.465 e. The van der Waals surface area contributed by atoms with E-state index in [0.29, 0.717) is 40.6 Å². The van der Waals surface area contributed by atoms with Crippen molar-refractivity contribution < 1.29 is 28.8 Å². The summed E-state index contributed by atoms with van der Waals surface area (Å²) in [6.45, 7) is 0.418. The van der Waals surface area contributed by atoms with Gasteiger partial charge in [-0.15, -0.1) is 0 Å². The Labute approximate surface area is 227 Å². The second kappa shape index (κ2) is 13.4. The Kier molecular flexibility index (Phi) is 10.1. The molecule has 0 aliphatic carbocycles. The number of carbonyl (C=O) groups excluding carboxylic acids is 4. The lowest BCUT2D eigenvalue weighted by molar-refractivity contribution is -0.384. The third-order valence-corrected chi connectivity index (χ3v) is 6.82. The number of nitrogens with zero attached hydrogens (tertiary/aromatic N) is 2. The summed E-state index contributed by atoms with van der Waals surface area (Å²) in [5.74, 6) is -1.60. The molecule has 11 nitrogen and oxygen atoms in total. The van der Waals surface area contributed by atoms with Crippen LogP contribution in [0.2, 0.25) is 0 Å². The number of ether oxygens (including phenoxy) is 1. The van der Waals surface area contributed by atoms with Gasteiger partial charge in [0.25, 0.3) is 17.5 Å². The molecule has 3 amide bonds. The molecule has 3 rings (SSSR count). The maximum atomic E-state index is 12.8. The number of esters is 1. The summed E-state index contributed by atoms with van der Waals surface area (Å²) in [5, 5.41) is 10.7. The number of nitrogens with one attached hydrogen (secondary N) is 2. The van der Waals surface area contributed by atoms with Crippen LogP contribution in [0.25, 0.3) is 6.08 Å². The third kappa shape index (κ3) is 7.70. The zero-order valence-corrected chi connectivity index (χ0v) is 21.9. The normalized spacial score (nSPS) is 13.9. The van der Waals surface area contributed by atoms with E-state index in [1.54, 1.807) is 30.3 Å². The zero-order chi connectivity index (χ0) is 27.7. The van der Waals surface area contributed by atoms with Crippen LogP contribution in [0.5, 0.6) is 0 Å². The van der Waals surface area contributed by atoms with Crippen LogP contribution in [-0.4, -0.2) is 51.5 Å². The Balaban J connectivity index is 1.37. The summed E-state index contributed by atoms with van der Waals surface area (Å²) < 4.78 is 5.14. The molecule has 1 fully saturated rings. The number of thioether (sulfide) groups is 1. The quantitative estimate of drug-likeness (QED) is 0.112. The van der Waals surface area contributed by atoms with E-state index in [1.165, 1.54) is 48.0 Å². The van der Waals surface area contributed by atoms with Crippen LogP contribution in [0.4, 0.5) is 5.69 Å². The number of amides is 3. The molecule has 0 spiro atoms. The number of non-ortho nitro benzene ring substituents is 1. The van der Waals surface area contributed by atoms with Crippen molar-refractivity contribution >= 4 is 63.8 Å². The molecule has 0 saturated carbocycles. The molecule has 198 valence electrons. The van der Waals surface area contributed by atoms with Crippen LogP contribution in [0.1, 0.15) is 52.0 Å². The van der Waals surface area contributed by atoms with Crippen molar-refractivity contribution in [2.24, 2.45) is 0 Å². The summed E-state index contributed by atoms with van der Waals surface area (Å²) in [6, 6.07) is 11.7. The summed E-state index contributed by atoms with van der Waals surface area (Å²) in [7, 11) is 1.31. The van der Waals surface area contributed by atoms with E-state index in [4.69, 9.17) is 12.2 Å². The molecular weight excluding hydrogens is 532 g/mol. The van der Waals surface area contributed by atoms with Gasteiger partial charge < -0.3 is 4.74 Å². The number of thiocarbonyl (C=S) groups is 1.